The third kappa shape index (κ3) is 2.93. The van der Waals surface area contributed by atoms with Crippen LogP contribution in [0.4, 0.5) is 0 Å². The van der Waals surface area contributed by atoms with E-state index in [1.165, 1.54) is 16.7 Å². The molecule has 0 saturated heterocycles. The molecule has 1 aliphatic rings. The lowest BCUT2D eigenvalue weighted by atomic mass is 9.83. The van der Waals surface area contributed by atoms with Crippen LogP contribution in [-0.2, 0) is 4.79 Å². The van der Waals surface area contributed by atoms with Gasteiger partial charge < -0.3 is 0 Å². The summed E-state index contributed by atoms with van der Waals surface area (Å²) in [5.41, 5.74) is 3.79. The average molecular weight is 252 g/mol. The van der Waals surface area contributed by atoms with Crippen molar-refractivity contribution in [3.63, 3.8) is 0 Å². The van der Waals surface area contributed by atoms with Crippen molar-refractivity contribution in [1.29, 1.82) is 0 Å². The van der Waals surface area contributed by atoms with Crippen molar-refractivity contribution in [2.24, 2.45) is 5.92 Å². The van der Waals surface area contributed by atoms with Crippen molar-refractivity contribution in [3.8, 4) is 0 Å². The second-order valence-electron chi connectivity index (χ2n) is 4.70. The zero-order valence-electron chi connectivity index (χ0n) is 11.6. The van der Waals surface area contributed by atoms with E-state index in [9.17, 15) is 4.79 Å². The van der Waals surface area contributed by atoms with Gasteiger partial charge >= 0.3 is 0 Å². The lowest BCUT2D eigenvalue weighted by Crippen LogP contribution is -2.15. The van der Waals surface area contributed by atoms with E-state index in [0.29, 0.717) is 0 Å². The Kier molecular flexibility index (Phi) is 4.51. The molecule has 98 valence electrons. The fourth-order valence-electron chi connectivity index (χ4n) is 2.69. The number of allylic oxidation sites excluding steroid dienone is 6. The second kappa shape index (κ2) is 6.33. The fourth-order valence-corrected chi connectivity index (χ4v) is 2.69. The van der Waals surface area contributed by atoms with Crippen LogP contribution in [-0.4, -0.2) is 5.78 Å². The van der Waals surface area contributed by atoms with Crippen LogP contribution >= 0.6 is 0 Å². The molecule has 2 rings (SSSR count). The molecule has 1 nitrogen and oxygen atoms in total. The molecule has 1 heteroatoms. The summed E-state index contributed by atoms with van der Waals surface area (Å²) in [5.74, 6) is 0.117. The molecule has 0 saturated carbocycles. The smallest absolute Gasteiger partial charge is 0.166 e. The average Bonchev–Trinajstić information content (AvgIpc) is 2.46. The lowest BCUT2D eigenvalue weighted by molar-refractivity contribution is -0.116. The molecular weight excluding hydrogens is 232 g/mol. The molecule has 0 radical (unpaired) electrons. The van der Waals surface area contributed by atoms with Crippen molar-refractivity contribution in [1.82, 2.24) is 0 Å². The molecule has 19 heavy (non-hydrogen) atoms. The minimum absolute atomic E-state index is 0.0786. The van der Waals surface area contributed by atoms with E-state index in [-0.39, 0.29) is 11.7 Å². The lowest BCUT2D eigenvalue weighted by Gasteiger charge is -2.20. The Balaban J connectivity index is 2.47. The number of benzene rings is 1. The van der Waals surface area contributed by atoms with Gasteiger partial charge in [0.25, 0.3) is 0 Å². The van der Waals surface area contributed by atoms with Gasteiger partial charge in [-0.2, -0.15) is 0 Å². The zero-order chi connectivity index (χ0) is 13.7. The fraction of sp³-hybridized carbons (Fsp3) is 0.278. The maximum absolute atomic E-state index is 12.1. The van der Waals surface area contributed by atoms with Gasteiger partial charge in [-0.1, -0.05) is 68.0 Å². The standard InChI is InChI=1S/C18H20O/c1-3-15(14-10-6-5-7-11-14)16(4-2)17-12-8-9-13-18(17)19/h5-13,17H,3-4H2,1-2H3. The van der Waals surface area contributed by atoms with Gasteiger partial charge in [-0.3, -0.25) is 4.79 Å². The van der Waals surface area contributed by atoms with Gasteiger partial charge in [-0.15, -0.1) is 0 Å². The Morgan fingerprint density at radius 1 is 1.05 bits per heavy atom. The molecule has 0 aromatic heterocycles. The minimum Gasteiger partial charge on any atom is -0.294 e. The van der Waals surface area contributed by atoms with E-state index in [2.05, 4.69) is 38.1 Å². The summed E-state index contributed by atoms with van der Waals surface area (Å²) in [5, 5.41) is 0. The van der Waals surface area contributed by atoms with Crippen LogP contribution in [0.2, 0.25) is 0 Å². The molecular formula is C18H20O. The number of rotatable bonds is 4. The quantitative estimate of drug-likeness (QED) is 0.767. The third-order valence-corrected chi connectivity index (χ3v) is 3.60. The first-order valence-corrected chi connectivity index (χ1v) is 6.94. The second-order valence-corrected chi connectivity index (χ2v) is 4.70. The number of carbonyl (C=O) groups is 1. The molecule has 0 bridgehead atoms. The topological polar surface area (TPSA) is 17.1 Å². The van der Waals surface area contributed by atoms with E-state index in [1.807, 2.05) is 24.3 Å². The Morgan fingerprint density at radius 2 is 1.79 bits per heavy atom. The van der Waals surface area contributed by atoms with Crippen LogP contribution in [0.5, 0.6) is 0 Å². The molecule has 0 heterocycles. The maximum Gasteiger partial charge on any atom is 0.166 e. The Labute approximate surface area is 115 Å². The largest absolute Gasteiger partial charge is 0.294 e. The van der Waals surface area contributed by atoms with Crippen LogP contribution in [0.1, 0.15) is 32.3 Å². The summed E-state index contributed by atoms with van der Waals surface area (Å²) in [6.07, 6.45) is 9.35. The highest BCUT2D eigenvalue weighted by molar-refractivity contribution is 5.98. The summed E-state index contributed by atoms with van der Waals surface area (Å²) < 4.78 is 0. The van der Waals surface area contributed by atoms with Gasteiger partial charge in [0, 0.05) is 0 Å². The van der Waals surface area contributed by atoms with E-state index >= 15 is 0 Å². The van der Waals surface area contributed by atoms with Crippen LogP contribution < -0.4 is 0 Å². The highest BCUT2D eigenvalue weighted by Crippen LogP contribution is 2.31. The van der Waals surface area contributed by atoms with Gasteiger partial charge in [0.1, 0.15) is 0 Å². The molecule has 1 aliphatic carbocycles. The summed E-state index contributed by atoms with van der Waals surface area (Å²) in [4.78, 5) is 12.1. The first-order valence-electron chi connectivity index (χ1n) is 6.94. The minimum atomic E-state index is -0.0786. The first-order chi connectivity index (χ1) is 9.27. The maximum atomic E-state index is 12.1. The molecule has 0 fully saturated rings. The normalized spacial score (nSPS) is 19.5. The molecule has 0 spiro atoms. The molecule has 1 atom stereocenters. The van der Waals surface area contributed by atoms with Crippen LogP contribution in [0.3, 0.4) is 0 Å². The number of ketones is 1. The predicted molar refractivity (Wildman–Crippen MR) is 80.7 cm³/mol. The van der Waals surface area contributed by atoms with Crippen LogP contribution in [0.25, 0.3) is 5.57 Å². The van der Waals surface area contributed by atoms with Gasteiger partial charge in [0.05, 0.1) is 5.92 Å². The van der Waals surface area contributed by atoms with Gasteiger partial charge in [-0.25, -0.2) is 0 Å². The van der Waals surface area contributed by atoms with E-state index < -0.39 is 0 Å². The van der Waals surface area contributed by atoms with Crippen LogP contribution in [0, 0.1) is 5.92 Å². The monoisotopic (exact) mass is 252 g/mol. The molecule has 1 unspecified atom stereocenters. The first kappa shape index (κ1) is 13.5. The summed E-state index contributed by atoms with van der Waals surface area (Å²) in [7, 11) is 0. The summed E-state index contributed by atoms with van der Waals surface area (Å²) in [6, 6.07) is 10.4. The van der Waals surface area contributed by atoms with Gasteiger partial charge in [-0.05, 0) is 30.1 Å². The van der Waals surface area contributed by atoms with E-state index in [1.54, 1.807) is 6.08 Å². The molecule has 1 aromatic carbocycles. The summed E-state index contributed by atoms with van der Waals surface area (Å²) >= 11 is 0. The predicted octanol–water partition coefficient (Wildman–Crippen LogP) is 4.57. The third-order valence-electron chi connectivity index (χ3n) is 3.60. The molecule has 0 amide bonds. The SMILES string of the molecule is CCC(=C(CC)C1C=CC=CC1=O)c1ccccc1. The summed E-state index contributed by atoms with van der Waals surface area (Å²) in [6.45, 7) is 4.29. The molecule has 0 aliphatic heterocycles. The van der Waals surface area contributed by atoms with Crippen molar-refractivity contribution in [2.45, 2.75) is 26.7 Å². The number of carbonyl (C=O) groups excluding carboxylic acids is 1. The van der Waals surface area contributed by atoms with Crippen molar-refractivity contribution < 1.29 is 4.79 Å². The zero-order valence-corrected chi connectivity index (χ0v) is 11.6. The Hall–Kier alpha value is -1.89. The highest BCUT2D eigenvalue weighted by atomic mass is 16.1. The van der Waals surface area contributed by atoms with E-state index in [4.69, 9.17) is 0 Å². The number of hydrogen-bond acceptors (Lipinski definition) is 1. The number of hydrogen-bond donors (Lipinski definition) is 0. The Bertz CT molecular complexity index is 532. The van der Waals surface area contributed by atoms with Crippen LogP contribution in [0.15, 0.2) is 60.2 Å². The van der Waals surface area contributed by atoms with Crippen molar-refractivity contribution in [3.05, 3.63) is 65.8 Å². The van der Waals surface area contributed by atoms with Gasteiger partial charge in [0.15, 0.2) is 5.78 Å². The molecule has 1 aromatic rings. The van der Waals surface area contributed by atoms with Crippen molar-refractivity contribution >= 4 is 11.4 Å². The van der Waals surface area contributed by atoms with E-state index in [0.717, 1.165) is 12.8 Å². The van der Waals surface area contributed by atoms with Crippen molar-refractivity contribution in [2.75, 3.05) is 0 Å². The highest BCUT2D eigenvalue weighted by Gasteiger charge is 2.21. The Morgan fingerprint density at radius 3 is 2.37 bits per heavy atom. The van der Waals surface area contributed by atoms with Gasteiger partial charge in [0.2, 0.25) is 0 Å². The molecule has 0 N–H and O–H groups in total.